The number of hydrogen-bond donors (Lipinski definition) is 1. The van der Waals surface area contributed by atoms with Crippen molar-refractivity contribution in [2.24, 2.45) is 5.73 Å². The molecule has 21 heavy (non-hydrogen) atoms. The molecule has 0 radical (unpaired) electrons. The Balaban J connectivity index is 2.11. The molecule has 110 valence electrons. The summed E-state index contributed by atoms with van der Waals surface area (Å²) in [5.41, 5.74) is 10.1. The molecule has 3 heteroatoms. The zero-order valence-electron chi connectivity index (χ0n) is 12.5. The normalized spacial score (nSPS) is 20.7. The van der Waals surface area contributed by atoms with Gasteiger partial charge < -0.3 is 15.2 Å². The third-order valence-corrected chi connectivity index (χ3v) is 4.24. The number of fused-ring (bicyclic) bond motifs is 1. The van der Waals surface area contributed by atoms with Gasteiger partial charge in [0, 0.05) is 12.0 Å². The zero-order chi connectivity index (χ0) is 14.8. The van der Waals surface area contributed by atoms with E-state index in [1.54, 1.807) is 14.2 Å². The van der Waals surface area contributed by atoms with Gasteiger partial charge in [-0.05, 0) is 41.7 Å². The minimum absolute atomic E-state index is 0.181. The van der Waals surface area contributed by atoms with E-state index in [-0.39, 0.29) is 6.04 Å². The minimum Gasteiger partial charge on any atom is -0.493 e. The molecular weight excluding hydrogens is 262 g/mol. The Bertz CT molecular complexity index is 625. The molecule has 3 rings (SSSR count). The van der Waals surface area contributed by atoms with Crippen molar-refractivity contribution >= 4 is 0 Å². The molecule has 2 aromatic carbocycles. The average Bonchev–Trinajstić information content (AvgIpc) is 2.53. The van der Waals surface area contributed by atoms with Crippen molar-refractivity contribution in [1.82, 2.24) is 0 Å². The molecule has 1 aliphatic rings. The molecule has 0 spiro atoms. The lowest BCUT2D eigenvalue weighted by Crippen LogP contribution is -2.31. The van der Waals surface area contributed by atoms with E-state index in [2.05, 4.69) is 36.4 Å². The van der Waals surface area contributed by atoms with E-state index in [4.69, 9.17) is 15.2 Å². The molecule has 0 bridgehead atoms. The number of hydrogen-bond acceptors (Lipinski definition) is 3. The summed E-state index contributed by atoms with van der Waals surface area (Å²) >= 11 is 0. The molecule has 2 aromatic rings. The van der Waals surface area contributed by atoms with E-state index >= 15 is 0 Å². The van der Waals surface area contributed by atoms with Crippen LogP contribution in [0.4, 0.5) is 0 Å². The van der Waals surface area contributed by atoms with E-state index in [1.807, 2.05) is 6.07 Å². The highest BCUT2D eigenvalue weighted by Gasteiger charge is 2.27. The molecule has 0 fully saturated rings. The van der Waals surface area contributed by atoms with Crippen LogP contribution in [0.15, 0.2) is 42.5 Å². The van der Waals surface area contributed by atoms with E-state index in [0.717, 1.165) is 24.3 Å². The van der Waals surface area contributed by atoms with Gasteiger partial charge in [0.25, 0.3) is 0 Å². The predicted octanol–water partition coefficient (Wildman–Crippen LogP) is 3.11. The first-order valence-electron chi connectivity index (χ1n) is 7.28. The lowest BCUT2D eigenvalue weighted by molar-refractivity contribution is 0.352. The van der Waals surface area contributed by atoms with Gasteiger partial charge in [-0.3, -0.25) is 0 Å². The second-order valence-corrected chi connectivity index (χ2v) is 5.57. The molecule has 0 aliphatic heterocycles. The van der Waals surface area contributed by atoms with Crippen LogP contribution >= 0.6 is 0 Å². The van der Waals surface area contributed by atoms with Crippen molar-refractivity contribution < 1.29 is 9.47 Å². The van der Waals surface area contributed by atoms with Crippen molar-refractivity contribution in [1.29, 1.82) is 0 Å². The van der Waals surface area contributed by atoms with Gasteiger partial charge in [0.05, 0.1) is 14.2 Å². The fourth-order valence-electron chi connectivity index (χ4n) is 3.23. The van der Waals surface area contributed by atoms with Gasteiger partial charge in [0.2, 0.25) is 0 Å². The summed E-state index contributed by atoms with van der Waals surface area (Å²) in [7, 11) is 3.35. The lowest BCUT2D eigenvalue weighted by atomic mass is 9.77. The Morgan fingerprint density at radius 2 is 1.67 bits per heavy atom. The standard InChI is InChI=1S/C18H21NO2/c1-20-17-9-13-8-14(19)10-15(12-6-4-3-5-7-12)16(13)11-18(17)21-2/h3-7,9,11,14-15H,8,10,19H2,1-2H3/t14-,15+/m1/s1. The Morgan fingerprint density at radius 3 is 2.33 bits per heavy atom. The number of rotatable bonds is 3. The maximum Gasteiger partial charge on any atom is 0.161 e. The largest absolute Gasteiger partial charge is 0.493 e. The topological polar surface area (TPSA) is 44.5 Å². The number of ether oxygens (including phenoxy) is 2. The first-order chi connectivity index (χ1) is 10.2. The van der Waals surface area contributed by atoms with Gasteiger partial charge in [-0.25, -0.2) is 0 Å². The molecule has 0 aromatic heterocycles. The SMILES string of the molecule is COc1cc2c(cc1OC)[C@H](c1ccccc1)C[C@H](N)C2. The van der Waals surface area contributed by atoms with E-state index in [9.17, 15) is 0 Å². The first kappa shape index (κ1) is 14.0. The first-order valence-corrected chi connectivity index (χ1v) is 7.28. The van der Waals surface area contributed by atoms with Crippen molar-refractivity contribution in [3.05, 3.63) is 59.2 Å². The number of benzene rings is 2. The van der Waals surface area contributed by atoms with Crippen LogP contribution in [0.3, 0.4) is 0 Å². The molecule has 0 saturated heterocycles. The number of nitrogens with two attached hydrogens (primary N) is 1. The highest BCUT2D eigenvalue weighted by atomic mass is 16.5. The molecule has 0 saturated carbocycles. The molecule has 0 heterocycles. The highest BCUT2D eigenvalue weighted by Crippen LogP contribution is 2.41. The Hall–Kier alpha value is -2.00. The van der Waals surface area contributed by atoms with Gasteiger partial charge in [-0.2, -0.15) is 0 Å². The molecular formula is C18H21NO2. The fourth-order valence-corrected chi connectivity index (χ4v) is 3.23. The third-order valence-electron chi connectivity index (χ3n) is 4.24. The average molecular weight is 283 g/mol. The Kier molecular flexibility index (Phi) is 3.84. The van der Waals surface area contributed by atoms with Crippen molar-refractivity contribution in [3.8, 4) is 11.5 Å². The summed E-state index contributed by atoms with van der Waals surface area (Å²) in [6.07, 6.45) is 1.85. The number of methoxy groups -OCH3 is 2. The second kappa shape index (κ2) is 5.78. The van der Waals surface area contributed by atoms with Crippen molar-refractivity contribution in [2.75, 3.05) is 14.2 Å². The van der Waals surface area contributed by atoms with Crippen LogP contribution in [0.5, 0.6) is 11.5 Å². The summed E-state index contributed by atoms with van der Waals surface area (Å²) in [6.45, 7) is 0. The van der Waals surface area contributed by atoms with Gasteiger partial charge >= 0.3 is 0 Å². The molecule has 1 aliphatic carbocycles. The minimum atomic E-state index is 0.181. The van der Waals surface area contributed by atoms with E-state index in [1.165, 1.54) is 16.7 Å². The highest BCUT2D eigenvalue weighted by molar-refractivity contribution is 5.52. The van der Waals surface area contributed by atoms with E-state index in [0.29, 0.717) is 5.92 Å². The predicted molar refractivity (Wildman–Crippen MR) is 84.1 cm³/mol. The van der Waals surface area contributed by atoms with Crippen LogP contribution < -0.4 is 15.2 Å². The van der Waals surface area contributed by atoms with Crippen molar-refractivity contribution in [3.63, 3.8) is 0 Å². The lowest BCUT2D eigenvalue weighted by Gasteiger charge is -2.31. The second-order valence-electron chi connectivity index (χ2n) is 5.57. The Labute approximate surface area is 125 Å². The summed E-state index contributed by atoms with van der Waals surface area (Å²) in [6, 6.07) is 14.9. The summed E-state index contributed by atoms with van der Waals surface area (Å²) < 4.78 is 10.9. The zero-order valence-corrected chi connectivity index (χ0v) is 12.5. The van der Waals surface area contributed by atoms with Crippen LogP contribution in [0.25, 0.3) is 0 Å². The summed E-state index contributed by atoms with van der Waals surface area (Å²) in [5, 5.41) is 0. The van der Waals surface area contributed by atoms with Crippen LogP contribution in [-0.4, -0.2) is 20.3 Å². The van der Waals surface area contributed by atoms with Gasteiger partial charge in [-0.1, -0.05) is 30.3 Å². The molecule has 0 amide bonds. The van der Waals surface area contributed by atoms with Crippen LogP contribution in [0.2, 0.25) is 0 Å². The summed E-state index contributed by atoms with van der Waals surface area (Å²) in [4.78, 5) is 0. The molecule has 2 N–H and O–H groups in total. The summed E-state index contributed by atoms with van der Waals surface area (Å²) in [5.74, 6) is 1.88. The fraction of sp³-hybridized carbons (Fsp3) is 0.333. The molecule has 0 unspecified atom stereocenters. The van der Waals surface area contributed by atoms with Gasteiger partial charge in [-0.15, -0.1) is 0 Å². The molecule has 3 nitrogen and oxygen atoms in total. The molecule has 2 atom stereocenters. The Morgan fingerprint density at radius 1 is 1.00 bits per heavy atom. The van der Waals surface area contributed by atoms with Crippen LogP contribution in [0, 0.1) is 0 Å². The third kappa shape index (κ3) is 2.61. The monoisotopic (exact) mass is 283 g/mol. The van der Waals surface area contributed by atoms with E-state index < -0.39 is 0 Å². The van der Waals surface area contributed by atoms with Gasteiger partial charge in [0.1, 0.15) is 0 Å². The van der Waals surface area contributed by atoms with Crippen LogP contribution in [-0.2, 0) is 6.42 Å². The van der Waals surface area contributed by atoms with Crippen LogP contribution in [0.1, 0.15) is 29.0 Å². The maximum atomic E-state index is 6.27. The smallest absolute Gasteiger partial charge is 0.161 e. The maximum absolute atomic E-state index is 6.27. The quantitative estimate of drug-likeness (QED) is 0.941. The van der Waals surface area contributed by atoms with Gasteiger partial charge in [0.15, 0.2) is 11.5 Å². The van der Waals surface area contributed by atoms with Crippen molar-refractivity contribution in [2.45, 2.75) is 24.8 Å².